The monoisotopic (exact) mass is 437 g/mol. The number of nitrogens with one attached hydrogen (secondary N) is 1. The van der Waals surface area contributed by atoms with Crippen LogP contribution >= 0.6 is 15.9 Å². The average molecular weight is 438 g/mol. The number of hydrogen-bond acceptors (Lipinski definition) is 6. The first kappa shape index (κ1) is 18.6. The molecule has 0 saturated heterocycles. The van der Waals surface area contributed by atoms with E-state index in [0.717, 1.165) is 4.47 Å². The molecular formula is C17H16BrN3O4S. The lowest BCUT2D eigenvalue weighted by molar-refractivity contribution is 0.353. The normalized spacial score (nSPS) is 12.7. The highest BCUT2D eigenvalue weighted by atomic mass is 79.9. The fourth-order valence-electron chi connectivity index (χ4n) is 2.31. The van der Waals surface area contributed by atoms with E-state index >= 15 is 0 Å². The number of para-hydroxylation sites is 1. The van der Waals surface area contributed by atoms with Crippen LogP contribution < -0.4 is 9.46 Å². The van der Waals surface area contributed by atoms with Crippen LogP contribution in [0.2, 0.25) is 0 Å². The van der Waals surface area contributed by atoms with Crippen LogP contribution in [0, 0.1) is 0 Å². The molecule has 0 saturated carbocycles. The highest BCUT2D eigenvalue weighted by Crippen LogP contribution is 2.28. The van der Waals surface area contributed by atoms with E-state index in [1.807, 2.05) is 12.1 Å². The molecule has 2 aromatic carbocycles. The zero-order chi connectivity index (χ0) is 18.7. The molecule has 0 aliphatic rings. The smallest absolute Gasteiger partial charge is 0.244 e. The lowest BCUT2D eigenvalue weighted by Crippen LogP contribution is -2.27. The summed E-state index contributed by atoms with van der Waals surface area (Å²) in [6.45, 7) is 1.63. The standard InChI is InChI=1S/C17H16BrN3O4S/c1-11(21-26(22,23)13-9-7-12(18)8-10-13)17-19-16(20-25-17)14-5-3-4-6-15(14)24-2/h3-11,21H,1-2H3/t11-/m0/s1. The number of benzene rings is 2. The molecule has 0 aliphatic carbocycles. The lowest BCUT2D eigenvalue weighted by Gasteiger charge is -2.10. The Morgan fingerprint density at radius 1 is 1.15 bits per heavy atom. The molecule has 0 spiro atoms. The van der Waals surface area contributed by atoms with Crippen molar-refractivity contribution in [2.24, 2.45) is 0 Å². The van der Waals surface area contributed by atoms with Gasteiger partial charge >= 0.3 is 0 Å². The molecule has 7 nitrogen and oxygen atoms in total. The number of halogens is 1. The summed E-state index contributed by atoms with van der Waals surface area (Å²) in [7, 11) is -2.17. The van der Waals surface area contributed by atoms with Crippen LogP contribution in [0.15, 0.2) is 62.4 Å². The summed E-state index contributed by atoms with van der Waals surface area (Å²) in [4.78, 5) is 4.44. The van der Waals surface area contributed by atoms with Gasteiger partial charge in [0.1, 0.15) is 5.75 Å². The molecule has 1 aromatic heterocycles. The van der Waals surface area contributed by atoms with Crippen molar-refractivity contribution in [3.8, 4) is 17.1 Å². The van der Waals surface area contributed by atoms with E-state index < -0.39 is 16.1 Å². The Labute approximate surface area is 159 Å². The lowest BCUT2D eigenvalue weighted by atomic mass is 10.2. The van der Waals surface area contributed by atoms with Crippen LogP contribution in [0.3, 0.4) is 0 Å². The van der Waals surface area contributed by atoms with Crippen molar-refractivity contribution < 1.29 is 17.7 Å². The van der Waals surface area contributed by atoms with Crippen molar-refractivity contribution >= 4 is 26.0 Å². The zero-order valence-electron chi connectivity index (χ0n) is 14.0. The molecule has 9 heteroatoms. The minimum atomic E-state index is -3.72. The fourth-order valence-corrected chi connectivity index (χ4v) is 3.78. The molecule has 1 heterocycles. The van der Waals surface area contributed by atoms with E-state index in [1.54, 1.807) is 38.3 Å². The summed E-state index contributed by atoms with van der Waals surface area (Å²) < 4.78 is 38.8. The second kappa shape index (κ2) is 7.56. The van der Waals surface area contributed by atoms with E-state index in [-0.39, 0.29) is 10.8 Å². The maximum absolute atomic E-state index is 12.5. The largest absolute Gasteiger partial charge is 0.496 e. The Balaban J connectivity index is 1.82. The van der Waals surface area contributed by atoms with Gasteiger partial charge in [-0.15, -0.1) is 0 Å². The minimum Gasteiger partial charge on any atom is -0.496 e. The van der Waals surface area contributed by atoms with Crippen LogP contribution in [-0.4, -0.2) is 25.7 Å². The Bertz CT molecular complexity index is 1000. The summed E-state index contributed by atoms with van der Waals surface area (Å²) in [5, 5.41) is 3.92. The molecule has 0 aliphatic heterocycles. The van der Waals surface area contributed by atoms with Crippen LogP contribution in [0.5, 0.6) is 5.75 Å². The first-order chi connectivity index (χ1) is 12.4. The topological polar surface area (TPSA) is 94.3 Å². The quantitative estimate of drug-likeness (QED) is 0.633. The molecule has 0 bridgehead atoms. The van der Waals surface area contributed by atoms with E-state index in [0.29, 0.717) is 17.1 Å². The van der Waals surface area contributed by atoms with Crippen molar-refractivity contribution in [3.05, 3.63) is 58.9 Å². The van der Waals surface area contributed by atoms with Crippen LogP contribution in [0.4, 0.5) is 0 Å². The number of sulfonamides is 1. The molecule has 26 heavy (non-hydrogen) atoms. The minimum absolute atomic E-state index is 0.150. The van der Waals surface area contributed by atoms with Gasteiger partial charge in [0.05, 0.1) is 23.6 Å². The molecule has 136 valence electrons. The van der Waals surface area contributed by atoms with Crippen molar-refractivity contribution in [2.45, 2.75) is 17.9 Å². The van der Waals surface area contributed by atoms with Gasteiger partial charge in [-0.2, -0.15) is 9.71 Å². The Kier molecular flexibility index (Phi) is 5.40. The summed E-state index contributed by atoms with van der Waals surface area (Å²) in [6.07, 6.45) is 0. The summed E-state index contributed by atoms with van der Waals surface area (Å²) in [5.74, 6) is 1.08. The SMILES string of the molecule is COc1ccccc1-c1noc([C@H](C)NS(=O)(=O)c2ccc(Br)cc2)n1. The van der Waals surface area contributed by atoms with E-state index in [1.165, 1.54) is 12.1 Å². The zero-order valence-corrected chi connectivity index (χ0v) is 16.4. The summed E-state index contributed by atoms with van der Waals surface area (Å²) in [6, 6.07) is 12.9. The van der Waals surface area contributed by atoms with E-state index in [2.05, 4.69) is 30.8 Å². The van der Waals surface area contributed by atoms with Gasteiger partial charge in [0, 0.05) is 4.47 Å². The Hall–Kier alpha value is -2.23. The van der Waals surface area contributed by atoms with Crippen LogP contribution in [0.25, 0.3) is 11.4 Å². The predicted molar refractivity (Wildman–Crippen MR) is 99.2 cm³/mol. The molecule has 0 amide bonds. The van der Waals surface area contributed by atoms with Gasteiger partial charge in [-0.3, -0.25) is 0 Å². The highest BCUT2D eigenvalue weighted by molar-refractivity contribution is 9.10. The second-order valence-corrected chi connectivity index (χ2v) is 8.08. The Morgan fingerprint density at radius 2 is 1.85 bits per heavy atom. The maximum atomic E-state index is 12.5. The second-order valence-electron chi connectivity index (χ2n) is 5.45. The van der Waals surface area contributed by atoms with Crippen molar-refractivity contribution in [1.29, 1.82) is 0 Å². The first-order valence-corrected chi connectivity index (χ1v) is 9.93. The third-order valence-corrected chi connectivity index (χ3v) is 5.70. The van der Waals surface area contributed by atoms with Crippen molar-refractivity contribution in [1.82, 2.24) is 14.9 Å². The number of aromatic nitrogens is 2. The fraction of sp³-hybridized carbons (Fsp3) is 0.176. The molecule has 0 fully saturated rings. The van der Waals surface area contributed by atoms with Crippen molar-refractivity contribution in [2.75, 3.05) is 7.11 Å². The van der Waals surface area contributed by atoms with Gasteiger partial charge in [-0.25, -0.2) is 8.42 Å². The Morgan fingerprint density at radius 3 is 2.54 bits per heavy atom. The third-order valence-electron chi connectivity index (χ3n) is 3.62. The molecule has 1 N–H and O–H groups in total. The van der Waals surface area contributed by atoms with Gasteiger partial charge in [-0.1, -0.05) is 33.2 Å². The predicted octanol–water partition coefficient (Wildman–Crippen LogP) is 3.55. The van der Waals surface area contributed by atoms with Gasteiger partial charge in [0.15, 0.2) is 0 Å². The number of rotatable bonds is 6. The summed E-state index contributed by atoms with van der Waals surface area (Å²) >= 11 is 3.28. The van der Waals surface area contributed by atoms with E-state index in [9.17, 15) is 8.42 Å². The molecule has 3 rings (SSSR count). The van der Waals surface area contributed by atoms with Crippen molar-refractivity contribution in [3.63, 3.8) is 0 Å². The molecule has 1 atom stereocenters. The van der Waals surface area contributed by atoms with Crippen LogP contribution in [0.1, 0.15) is 18.9 Å². The molecular weight excluding hydrogens is 422 g/mol. The van der Waals surface area contributed by atoms with Gasteiger partial charge in [0.2, 0.25) is 21.7 Å². The maximum Gasteiger partial charge on any atom is 0.244 e. The number of hydrogen-bond donors (Lipinski definition) is 1. The molecule has 0 radical (unpaired) electrons. The van der Waals surface area contributed by atoms with E-state index in [4.69, 9.17) is 9.26 Å². The third kappa shape index (κ3) is 3.95. The summed E-state index contributed by atoms with van der Waals surface area (Å²) in [5.41, 5.74) is 0.660. The van der Waals surface area contributed by atoms with Crippen LogP contribution in [-0.2, 0) is 10.0 Å². The van der Waals surface area contributed by atoms with Gasteiger partial charge in [0.25, 0.3) is 0 Å². The van der Waals surface area contributed by atoms with Gasteiger partial charge < -0.3 is 9.26 Å². The average Bonchev–Trinajstić information content (AvgIpc) is 3.12. The number of nitrogens with zero attached hydrogens (tertiary/aromatic N) is 2. The first-order valence-electron chi connectivity index (χ1n) is 7.65. The molecule has 0 unspecified atom stereocenters. The number of ether oxygens (including phenoxy) is 1. The van der Waals surface area contributed by atoms with Gasteiger partial charge in [-0.05, 0) is 43.3 Å². The highest BCUT2D eigenvalue weighted by Gasteiger charge is 2.23. The number of methoxy groups -OCH3 is 1. The molecule has 3 aromatic rings.